The number of anilines is 1. The van der Waals surface area contributed by atoms with Crippen LogP contribution in [0.2, 0.25) is 0 Å². The Labute approximate surface area is 167 Å². The zero-order chi connectivity index (χ0) is 19.8. The highest BCUT2D eigenvalue weighted by atomic mass is 79.9. The van der Waals surface area contributed by atoms with Crippen LogP contribution < -0.4 is 5.32 Å². The first kappa shape index (κ1) is 20.8. The van der Waals surface area contributed by atoms with E-state index in [1.807, 2.05) is 38.1 Å². The fourth-order valence-electron chi connectivity index (χ4n) is 2.37. The second kappa shape index (κ2) is 10.0. The SMILES string of the molecule is CC(C)CC(=O)Nc1ccc(C(=O)COC(=O)Cc2ccc(Br)cc2)cc1. The Morgan fingerprint density at radius 3 is 2.22 bits per heavy atom. The van der Waals surface area contributed by atoms with Gasteiger partial charge in [0.1, 0.15) is 0 Å². The van der Waals surface area contributed by atoms with Gasteiger partial charge in [-0.1, -0.05) is 41.9 Å². The second-order valence-electron chi connectivity index (χ2n) is 6.61. The molecule has 27 heavy (non-hydrogen) atoms. The Kier molecular flexibility index (Phi) is 7.73. The number of hydrogen-bond acceptors (Lipinski definition) is 4. The predicted octanol–water partition coefficient (Wildman–Crippen LogP) is 4.40. The van der Waals surface area contributed by atoms with Crippen LogP contribution in [0.5, 0.6) is 0 Å². The lowest BCUT2D eigenvalue weighted by atomic mass is 10.1. The van der Waals surface area contributed by atoms with Gasteiger partial charge in [0.25, 0.3) is 0 Å². The highest BCUT2D eigenvalue weighted by Crippen LogP contribution is 2.13. The first-order chi connectivity index (χ1) is 12.8. The van der Waals surface area contributed by atoms with Crippen molar-refractivity contribution in [1.82, 2.24) is 0 Å². The van der Waals surface area contributed by atoms with E-state index in [0.717, 1.165) is 10.0 Å². The van der Waals surface area contributed by atoms with Crippen LogP contribution in [0, 0.1) is 5.92 Å². The predicted molar refractivity (Wildman–Crippen MR) is 108 cm³/mol. The first-order valence-corrected chi connectivity index (χ1v) is 9.46. The van der Waals surface area contributed by atoms with Crippen LogP contribution in [0.15, 0.2) is 53.0 Å². The highest BCUT2D eigenvalue weighted by molar-refractivity contribution is 9.10. The Balaban J connectivity index is 1.82. The van der Waals surface area contributed by atoms with Gasteiger partial charge < -0.3 is 10.1 Å². The van der Waals surface area contributed by atoms with Crippen LogP contribution in [0.25, 0.3) is 0 Å². The number of carbonyl (C=O) groups excluding carboxylic acids is 3. The number of ether oxygens (including phenoxy) is 1. The van der Waals surface area contributed by atoms with Crippen molar-refractivity contribution >= 4 is 39.3 Å². The molecule has 0 fully saturated rings. The number of rotatable bonds is 8. The van der Waals surface area contributed by atoms with Gasteiger partial charge in [-0.25, -0.2) is 0 Å². The number of Topliss-reactive ketones (excluding diaryl/α,β-unsaturated/α-hetero) is 1. The molecule has 0 aliphatic heterocycles. The number of amides is 1. The maximum absolute atomic E-state index is 12.2. The van der Waals surface area contributed by atoms with Crippen molar-refractivity contribution in [1.29, 1.82) is 0 Å². The number of esters is 1. The van der Waals surface area contributed by atoms with Crippen molar-refractivity contribution < 1.29 is 19.1 Å². The number of hydrogen-bond donors (Lipinski definition) is 1. The Morgan fingerprint density at radius 1 is 1.00 bits per heavy atom. The molecular formula is C21H22BrNO4. The van der Waals surface area contributed by atoms with Crippen molar-refractivity contribution in [3.8, 4) is 0 Å². The van der Waals surface area contributed by atoms with Crippen LogP contribution in [0.3, 0.4) is 0 Å². The van der Waals surface area contributed by atoms with Crippen molar-refractivity contribution in [3.63, 3.8) is 0 Å². The summed E-state index contributed by atoms with van der Waals surface area (Å²) >= 11 is 3.33. The maximum atomic E-state index is 12.2. The summed E-state index contributed by atoms with van der Waals surface area (Å²) in [6.45, 7) is 3.63. The van der Waals surface area contributed by atoms with E-state index in [9.17, 15) is 14.4 Å². The molecule has 0 heterocycles. The van der Waals surface area contributed by atoms with E-state index in [-0.39, 0.29) is 30.6 Å². The summed E-state index contributed by atoms with van der Waals surface area (Å²) in [6.07, 6.45) is 0.552. The van der Waals surface area contributed by atoms with Gasteiger partial charge in [-0.15, -0.1) is 0 Å². The minimum absolute atomic E-state index is 0.0639. The fraction of sp³-hybridized carbons (Fsp3) is 0.286. The van der Waals surface area contributed by atoms with Crippen LogP contribution in [-0.4, -0.2) is 24.3 Å². The standard InChI is InChI=1S/C21H22BrNO4/c1-14(2)11-20(25)23-18-9-5-16(6-10-18)19(24)13-27-21(26)12-15-3-7-17(22)8-4-15/h3-10,14H,11-13H2,1-2H3,(H,23,25). The molecule has 0 radical (unpaired) electrons. The van der Waals surface area contributed by atoms with Crippen molar-refractivity contribution in [2.45, 2.75) is 26.7 Å². The first-order valence-electron chi connectivity index (χ1n) is 8.66. The molecule has 0 saturated heterocycles. The van der Waals surface area contributed by atoms with Gasteiger partial charge in [-0.3, -0.25) is 14.4 Å². The second-order valence-corrected chi connectivity index (χ2v) is 7.53. The topological polar surface area (TPSA) is 72.5 Å². The average molecular weight is 432 g/mol. The van der Waals surface area contributed by atoms with Gasteiger partial charge in [0.2, 0.25) is 5.91 Å². The number of carbonyl (C=O) groups is 3. The summed E-state index contributed by atoms with van der Waals surface area (Å²) in [7, 11) is 0. The van der Waals surface area contributed by atoms with Gasteiger partial charge >= 0.3 is 5.97 Å². The Morgan fingerprint density at radius 2 is 1.63 bits per heavy atom. The lowest BCUT2D eigenvalue weighted by molar-refractivity contribution is -0.141. The number of ketones is 1. The van der Waals surface area contributed by atoms with Gasteiger partial charge in [-0.05, 0) is 47.9 Å². The minimum Gasteiger partial charge on any atom is -0.457 e. The monoisotopic (exact) mass is 431 g/mol. The molecule has 2 aromatic rings. The molecule has 0 bridgehead atoms. The van der Waals surface area contributed by atoms with E-state index in [0.29, 0.717) is 17.7 Å². The average Bonchev–Trinajstić information content (AvgIpc) is 2.61. The third-order valence-electron chi connectivity index (χ3n) is 3.71. The van der Waals surface area contributed by atoms with Gasteiger partial charge in [0, 0.05) is 22.1 Å². The molecule has 0 aromatic heterocycles. The van der Waals surface area contributed by atoms with Gasteiger partial charge in [0.05, 0.1) is 6.42 Å². The molecule has 2 rings (SSSR count). The molecule has 0 saturated carbocycles. The van der Waals surface area contributed by atoms with Gasteiger partial charge in [-0.2, -0.15) is 0 Å². The molecule has 0 aliphatic carbocycles. The molecule has 5 nitrogen and oxygen atoms in total. The fourth-order valence-corrected chi connectivity index (χ4v) is 2.64. The normalized spacial score (nSPS) is 10.5. The Bertz CT molecular complexity index is 798. The number of benzene rings is 2. The summed E-state index contributed by atoms with van der Waals surface area (Å²) in [5.74, 6) is -0.536. The maximum Gasteiger partial charge on any atom is 0.310 e. The molecular weight excluding hydrogens is 410 g/mol. The van der Waals surface area contributed by atoms with Crippen LogP contribution >= 0.6 is 15.9 Å². The Hall–Kier alpha value is -2.47. The molecule has 0 aliphatic rings. The van der Waals surface area contributed by atoms with Crippen molar-refractivity contribution in [2.75, 3.05) is 11.9 Å². The highest BCUT2D eigenvalue weighted by Gasteiger charge is 2.11. The summed E-state index contributed by atoms with van der Waals surface area (Å²) in [6, 6.07) is 13.9. The third-order valence-corrected chi connectivity index (χ3v) is 4.24. The molecule has 0 unspecified atom stereocenters. The van der Waals surface area contributed by atoms with Crippen LogP contribution in [0.1, 0.15) is 36.2 Å². The van der Waals surface area contributed by atoms with E-state index >= 15 is 0 Å². The van der Waals surface area contributed by atoms with Crippen molar-refractivity contribution in [2.24, 2.45) is 5.92 Å². The molecule has 2 aromatic carbocycles. The zero-order valence-corrected chi connectivity index (χ0v) is 16.9. The molecule has 1 N–H and O–H groups in total. The third kappa shape index (κ3) is 7.35. The molecule has 0 atom stereocenters. The molecule has 1 amide bonds. The van der Waals surface area contributed by atoms with E-state index in [4.69, 9.17) is 4.74 Å². The summed E-state index contributed by atoms with van der Waals surface area (Å²) in [4.78, 5) is 35.8. The zero-order valence-electron chi connectivity index (χ0n) is 15.3. The van der Waals surface area contributed by atoms with Crippen molar-refractivity contribution in [3.05, 3.63) is 64.1 Å². The lowest BCUT2D eigenvalue weighted by Gasteiger charge is -2.08. The lowest BCUT2D eigenvalue weighted by Crippen LogP contribution is -2.16. The summed E-state index contributed by atoms with van der Waals surface area (Å²) < 4.78 is 5.99. The summed E-state index contributed by atoms with van der Waals surface area (Å²) in [5.41, 5.74) is 1.87. The molecule has 0 spiro atoms. The van der Waals surface area contributed by atoms with E-state index in [2.05, 4.69) is 21.2 Å². The van der Waals surface area contributed by atoms with E-state index < -0.39 is 5.97 Å². The molecule has 142 valence electrons. The smallest absolute Gasteiger partial charge is 0.310 e. The largest absolute Gasteiger partial charge is 0.457 e. The van der Waals surface area contributed by atoms with E-state index in [1.54, 1.807) is 24.3 Å². The van der Waals surface area contributed by atoms with Crippen LogP contribution in [0.4, 0.5) is 5.69 Å². The summed E-state index contributed by atoms with van der Waals surface area (Å²) in [5, 5.41) is 2.78. The van der Waals surface area contributed by atoms with Gasteiger partial charge in [0.15, 0.2) is 12.4 Å². The minimum atomic E-state index is -0.455. The van der Waals surface area contributed by atoms with Crippen LogP contribution in [-0.2, 0) is 20.7 Å². The van der Waals surface area contributed by atoms with E-state index in [1.165, 1.54) is 0 Å². The molecule has 6 heteroatoms. The number of halogens is 1. The number of nitrogens with one attached hydrogen (secondary N) is 1. The quantitative estimate of drug-likeness (QED) is 0.496.